The van der Waals surface area contributed by atoms with Crippen molar-refractivity contribution in [3.8, 4) is 0 Å². The highest BCUT2D eigenvalue weighted by molar-refractivity contribution is 9.10. The van der Waals surface area contributed by atoms with E-state index < -0.39 is 5.82 Å². The quantitative estimate of drug-likeness (QED) is 0.911. The molecular formula is C13H15BrFNO. The molecule has 1 N–H and O–H groups in total. The van der Waals surface area contributed by atoms with Crippen molar-refractivity contribution in [3.05, 3.63) is 34.1 Å². The van der Waals surface area contributed by atoms with Crippen LogP contribution in [-0.2, 0) is 0 Å². The van der Waals surface area contributed by atoms with Gasteiger partial charge in [0.25, 0.3) is 5.91 Å². The highest BCUT2D eigenvalue weighted by atomic mass is 79.9. The average Bonchev–Trinajstić information content (AvgIpc) is 2.87. The van der Waals surface area contributed by atoms with Crippen molar-refractivity contribution in [1.29, 1.82) is 0 Å². The first-order valence-corrected chi connectivity index (χ1v) is 6.43. The summed E-state index contributed by atoms with van der Waals surface area (Å²) in [5.74, 6) is -0.0951. The van der Waals surface area contributed by atoms with Crippen LogP contribution in [0.5, 0.6) is 0 Å². The van der Waals surface area contributed by atoms with Crippen molar-refractivity contribution < 1.29 is 9.18 Å². The van der Waals surface area contributed by atoms with Gasteiger partial charge < -0.3 is 5.32 Å². The van der Waals surface area contributed by atoms with Gasteiger partial charge in [0, 0.05) is 6.54 Å². The Hall–Kier alpha value is -0.900. The minimum atomic E-state index is -0.413. The topological polar surface area (TPSA) is 29.1 Å². The van der Waals surface area contributed by atoms with Crippen LogP contribution in [0.25, 0.3) is 0 Å². The predicted molar refractivity (Wildman–Crippen MR) is 68.3 cm³/mol. The summed E-state index contributed by atoms with van der Waals surface area (Å²) in [6, 6.07) is 4.47. The Balaban J connectivity index is 1.98. The molecular weight excluding hydrogens is 285 g/mol. The Morgan fingerprint density at radius 1 is 1.59 bits per heavy atom. The van der Waals surface area contributed by atoms with Crippen LogP contribution in [0, 0.1) is 17.2 Å². The van der Waals surface area contributed by atoms with E-state index in [4.69, 9.17) is 0 Å². The molecule has 0 spiro atoms. The molecule has 0 bridgehead atoms. The minimum absolute atomic E-state index is 0.223. The summed E-state index contributed by atoms with van der Waals surface area (Å²) in [5, 5.41) is 2.85. The van der Waals surface area contributed by atoms with Crippen LogP contribution in [-0.4, -0.2) is 12.5 Å². The molecule has 92 valence electrons. The Kier molecular flexibility index (Phi) is 3.25. The van der Waals surface area contributed by atoms with E-state index in [0.29, 0.717) is 23.4 Å². The van der Waals surface area contributed by atoms with Crippen molar-refractivity contribution in [2.45, 2.75) is 20.3 Å². The van der Waals surface area contributed by atoms with Gasteiger partial charge in [0.05, 0.1) is 10.0 Å². The van der Waals surface area contributed by atoms with Gasteiger partial charge in [0.1, 0.15) is 5.82 Å². The van der Waals surface area contributed by atoms with Crippen molar-refractivity contribution in [1.82, 2.24) is 5.32 Å². The van der Waals surface area contributed by atoms with Crippen molar-refractivity contribution in [2.24, 2.45) is 11.3 Å². The van der Waals surface area contributed by atoms with Crippen LogP contribution < -0.4 is 5.32 Å². The third-order valence-corrected chi connectivity index (χ3v) is 4.23. The normalized spacial score (nSPS) is 21.1. The smallest absolute Gasteiger partial charge is 0.252 e. The number of amides is 1. The van der Waals surface area contributed by atoms with Crippen LogP contribution in [0.2, 0.25) is 0 Å². The molecule has 4 heteroatoms. The van der Waals surface area contributed by atoms with E-state index in [2.05, 4.69) is 35.1 Å². The Labute approximate surface area is 109 Å². The third kappa shape index (κ3) is 2.68. The minimum Gasteiger partial charge on any atom is -0.352 e. The van der Waals surface area contributed by atoms with E-state index in [1.807, 2.05) is 0 Å². The van der Waals surface area contributed by atoms with Crippen LogP contribution in [0.1, 0.15) is 30.6 Å². The number of nitrogens with one attached hydrogen (secondary N) is 1. The van der Waals surface area contributed by atoms with Crippen LogP contribution in [0.15, 0.2) is 22.7 Å². The van der Waals surface area contributed by atoms with Gasteiger partial charge in [-0.3, -0.25) is 4.79 Å². The fourth-order valence-electron chi connectivity index (χ4n) is 1.91. The van der Waals surface area contributed by atoms with E-state index in [-0.39, 0.29) is 10.4 Å². The number of benzene rings is 1. The summed E-state index contributed by atoms with van der Waals surface area (Å²) < 4.78 is 13.5. The molecule has 2 nitrogen and oxygen atoms in total. The van der Waals surface area contributed by atoms with Crippen molar-refractivity contribution in [2.75, 3.05) is 6.54 Å². The zero-order valence-corrected chi connectivity index (χ0v) is 11.5. The molecule has 1 aromatic rings. The van der Waals surface area contributed by atoms with Gasteiger partial charge in [0.15, 0.2) is 0 Å². The molecule has 0 aromatic heterocycles. The lowest BCUT2D eigenvalue weighted by atomic mass is 10.1. The van der Waals surface area contributed by atoms with Gasteiger partial charge in [-0.15, -0.1) is 0 Å². The number of carbonyl (C=O) groups excluding carboxylic acids is 1. The van der Waals surface area contributed by atoms with Gasteiger partial charge in [-0.1, -0.05) is 19.9 Å². The number of hydrogen-bond acceptors (Lipinski definition) is 1. The molecule has 1 aromatic carbocycles. The lowest BCUT2D eigenvalue weighted by Crippen LogP contribution is -2.27. The number of hydrogen-bond donors (Lipinski definition) is 1. The molecule has 1 unspecified atom stereocenters. The van der Waals surface area contributed by atoms with Gasteiger partial charge in [-0.25, -0.2) is 4.39 Å². The fraction of sp³-hybridized carbons (Fsp3) is 0.462. The maximum absolute atomic E-state index is 13.2. The predicted octanol–water partition coefficient (Wildman–Crippen LogP) is 3.36. The average molecular weight is 300 g/mol. The zero-order valence-electron chi connectivity index (χ0n) is 9.89. The van der Waals surface area contributed by atoms with Crippen molar-refractivity contribution >= 4 is 21.8 Å². The molecule has 1 aliphatic rings. The van der Waals surface area contributed by atoms with Gasteiger partial charge in [-0.2, -0.15) is 0 Å². The standard InChI is InChI=1S/C13H15BrFNO/c1-13(2)6-8(13)7-16-12(17)9-4-3-5-10(15)11(9)14/h3-5,8H,6-7H2,1-2H3,(H,16,17). The second-order valence-electron chi connectivity index (χ2n) is 5.20. The van der Waals surface area contributed by atoms with Crippen LogP contribution >= 0.6 is 15.9 Å². The van der Waals surface area contributed by atoms with Crippen LogP contribution in [0.3, 0.4) is 0 Å². The Morgan fingerprint density at radius 2 is 2.24 bits per heavy atom. The van der Waals surface area contributed by atoms with E-state index in [9.17, 15) is 9.18 Å². The lowest BCUT2D eigenvalue weighted by Gasteiger charge is -2.08. The Morgan fingerprint density at radius 3 is 2.82 bits per heavy atom. The molecule has 0 aliphatic heterocycles. The molecule has 1 amide bonds. The molecule has 1 aliphatic carbocycles. The third-order valence-electron chi connectivity index (χ3n) is 3.42. The number of rotatable bonds is 3. The molecule has 0 radical (unpaired) electrons. The molecule has 17 heavy (non-hydrogen) atoms. The van der Waals surface area contributed by atoms with Gasteiger partial charge in [0.2, 0.25) is 0 Å². The van der Waals surface area contributed by atoms with E-state index in [0.717, 1.165) is 6.42 Å². The van der Waals surface area contributed by atoms with Crippen molar-refractivity contribution in [3.63, 3.8) is 0 Å². The SMILES string of the molecule is CC1(C)CC1CNC(=O)c1cccc(F)c1Br. The fourth-order valence-corrected chi connectivity index (χ4v) is 2.36. The van der Waals surface area contributed by atoms with Crippen LogP contribution in [0.4, 0.5) is 4.39 Å². The molecule has 1 saturated carbocycles. The first-order chi connectivity index (χ1) is 7.92. The summed E-state index contributed by atoms with van der Waals surface area (Å²) in [7, 11) is 0. The first-order valence-electron chi connectivity index (χ1n) is 5.64. The number of carbonyl (C=O) groups is 1. The largest absolute Gasteiger partial charge is 0.352 e. The van der Waals surface area contributed by atoms with E-state index in [1.54, 1.807) is 6.07 Å². The Bertz CT molecular complexity index is 459. The molecule has 1 atom stereocenters. The van der Waals surface area contributed by atoms with E-state index >= 15 is 0 Å². The monoisotopic (exact) mass is 299 g/mol. The zero-order chi connectivity index (χ0) is 12.6. The van der Waals surface area contributed by atoms with Gasteiger partial charge in [-0.05, 0) is 45.8 Å². The molecule has 0 heterocycles. The summed E-state index contributed by atoms with van der Waals surface area (Å²) in [5.41, 5.74) is 0.690. The maximum Gasteiger partial charge on any atom is 0.252 e. The first kappa shape index (κ1) is 12.6. The second kappa shape index (κ2) is 4.41. The maximum atomic E-state index is 13.2. The second-order valence-corrected chi connectivity index (χ2v) is 5.99. The summed E-state index contributed by atoms with van der Waals surface area (Å²) in [4.78, 5) is 11.9. The highest BCUT2D eigenvalue weighted by Crippen LogP contribution is 2.50. The highest BCUT2D eigenvalue weighted by Gasteiger charge is 2.45. The molecule has 1 fully saturated rings. The molecule has 2 rings (SSSR count). The number of halogens is 2. The van der Waals surface area contributed by atoms with Gasteiger partial charge >= 0.3 is 0 Å². The lowest BCUT2D eigenvalue weighted by molar-refractivity contribution is 0.0949. The van der Waals surface area contributed by atoms with E-state index in [1.165, 1.54) is 12.1 Å². The summed E-state index contributed by atoms with van der Waals surface area (Å²) >= 11 is 3.09. The molecule has 0 saturated heterocycles. The summed E-state index contributed by atoms with van der Waals surface area (Å²) in [6.07, 6.45) is 1.14. The summed E-state index contributed by atoms with van der Waals surface area (Å²) in [6.45, 7) is 5.03.